The number of rotatable bonds is 10. The lowest BCUT2D eigenvalue weighted by Crippen LogP contribution is -2.25. The monoisotopic (exact) mass is 444 g/mol. The minimum Gasteiger partial charge on any atom is -0.489 e. The zero-order valence-corrected chi connectivity index (χ0v) is 20.8. The molecule has 178 valence electrons. The van der Waals surface area contributed by atoms with Gasteiger partial charge in [0.05, 0.1) is 0 Å². The SMILES string of the molecule is CCCCCC1CCC(C2CCC(C=Cc3ccc(OCc4ccccc4)cc3)CC2)CC1. The Morgan fingerprint density at radius 3 is 2.09 bits per heavy atom. The molecule has 33 heavy (non-hydrogen) atoms. The van der Waals surface area contributed by atoms with E-state index in [1.165, 1.54) is 88.2 Å². The molecular weight excluding hydrogens is 400 g/mol. The molecule has 0 radical (unpaired) electrons. The molecule has 1 heteroatoms. The van der Waals surface area contributed by atoms with Crippen LogP contribution in [0.15, 0.2) is 60.7 Å². The Morgan fingerprint density at radius 2 is 1.42 bits per heavy atom. The van der Waals surface area contributed by atoms with Crippen LogP contribution >= 0.6 is 0 Å². The molecule has 2 saturated carbocycles. The van der Waals surface area contributed by atoms with E-state index in [1.54, 1.807) is 0 Å². The second kappa shape index (κ2) is 13.0. The van der Waals surface area contributed by atoms with Gasteiger partial charge in [0, 0.05) is 0 Å². The summed E-state index contributed by atoms with van der Waals surface area (Å²) >= 11 is 0. The zero-order chi connectivity index (χ0) is 22.7. The predicted molar refractivity (Wildman–Crippen MR) is 141 cm³/mol. The van der Waals surface area contributed by atoms with E-state index in [-0.39, 0.29) is 0 Å². The van der Waals surface area contributed by atoms with Gasteiger partial charge in [0.2, 0.25) is 0 Å². The largest absolute Gasteiger partial charge is 0.489 e. The smallest absolute Gasteiger partial charge is 0.119 e. The molecule has 4 rings (SSSR count). The van der Waals surface area contributed by atoms with Gasteiger partial charge >= 0.3 is 0 Å². The Labute approximate surface area is 202 Å². The highest BCUT2D eigenvalue weighted by molar-refractivity contribution is 5.50. The molecule has 0 heterocycles. The van der Waals surface area contributed by atoms with Gasteiger partial charge < -0.3 is 4.74 Å². The van der Waals surface area contributed by atoms with Crippen molar-refractivity contribution in [1.82, 2.24) is 0 Å². The van der Waals surface area contributed by atoms with Crippen LogP contribution in [0.1, 0.15) is 95.1 Å². The van der Waals surface area contributed by atoms with Crippen molar-refractivity contribution in [3.63, 3.8) is 0 Å². The number of hydrogen-bond acceptors (Lipinski definition) is 1. The van der Waals surface area contributed by atoms with E-state index >= 15 is 0 Å². The number of benzene rings is 2. The van der Waals surface area contributed by atoms with Crippen LogP contribution in [0.2, 0.25) is 0 Å². The van der Waals surface area contributed by atoms with Crippen molar-refractivity contribution in [2.45, 2.75) is 90.6 Å². The van der Waals surface area contributed by atoms with Crippen molar-refractivity contribution < 1.29 is 4.74 Å². The van der Waals surface area contributed by atoms with Crippen LogP contribution in [-0.2, 0) is 6.61 Å². The van der Waals surface area contributed by atoms with Crippen LogP contribution in [0.25, 0.3) is 6.08 Å². The highest BCUT2D eigenvalue weighted by Gasteiger charge is 2.30. The first-order chi connectivity index (χ1) is 16.3. The molecule has 1 nitrogen and oxygen atoms in total. The van der Waals surface area contributed by atoms with Gasteiger partial charge in [-0.25, -0.2) is 0 Å². The van der Waals surface area contributed by atoms with E-state index in [2.05, 4.69) is 67.6 Å². The van der Waals surface area contributed by atoms with Crippen LogP contribution in [0.5, 0.6) is 5.75 Å². The summed E-state index contributed by atoms with van der Waals surface area (Å²) in [6.07, 6.45) is 22.3. The summed E-state index contributed by atoms with van der Waals surface area (Å²) in [7, 11) is 0. The van der Waals surface area contributed by atoms with Crippen molar-refractivity contribution in [3.05, 3.63) is 71.8 Å². The maximum absolute atomic E-state index is 5.92. The molecule has 0 aliphatic heterocycles. The Bertz CT molecular complexity index is 805. The second-order valence-electron chi connectivity index (χ2n) is 10.7. The number of hydrogen-bond donors (Lipinski definition) is 0. The third-order valence-electron chi connectivity index (χ3n) is 8.28. The van der Waals surface area contributed by atoms with Gasteiger partial charge in [-0.2, -0.15) is 0 Å². The van der Waals surface area contributed by atoms with E-state index < -0.39 is 0 Å². The van der Waals surface area contributed by atoms with Crippen LogP contribution in [0.4, 0.5) is 0 Å². The standard InChI is InChI=1S/C32H44O/c1-2-3-5-8-26-13-19-30(20-14-26)31-21-15-27(16-22-31)11-12-28-17-23-32(24-18-28)33-25-29-9-6-4-7-10-29/h4,6-7,9-12,17-18,23-24,26-27,30-31H,2-3,5,8,13-16,19-22,25H2,1H3. The lowest BCUT2D eigenvalue weighted by atomic mass is 9.68. The Hall–Kier alpha value is -2.02. The van der Waals surface area contributed by atoms with Gasteiger partial charge in [0.1, 0.15) is 12.4 Å². The average molecular weight is 445 g/mol. The van der Waals surface area contributed by atoms with Crippen molar-refractivity contribution >= 4 is 6.08 Å². The number of unbranched alkanes of at least 4 members (excludes halogenated alkanes) is 2. The quantitative estimate of drug-likeness (QED) is 0.331. The summed E-state index contributed by atoms with van der Waals surface area (Å²) in [6, 6.07) is 18.9. The van der Waals surface area contributed by atoms with Crippen molar-refractivity contribution in [1.29, 1.82) is 0 Å². The third kappa shape index (κ3) is 7.76. The summed E-state index contributed by atoms with van der Waals surface area (Å²) in [6.45, 7) is 2.95. The van der Waals surface area contributed by atoms with Gasteiger partial charge in [-0.05, 0) is 85.5 Å². The maximum Gasteiger partial charge on any atom is 0.119 e. The van der Waals surface area contributed by atoms with Crippen molar-refractivity contribution in [3.8, 4) is 5.75 Å². The minimum atomic E-state index is 0.625. The molecule has 0 bridgehead atoms. The molecule has 0 saturated heterocycles. The van der Waals surface area contributed by atoms with E-state index in [4.69, 9.17) is 4.74 Å². The first-order valence-corrected chi connectivity index (χ1v) is 13.7. The second-order valence-corrected chi connectivity index (χ2v) is 10.7. The molecule has 0 aromatic heterocycles. The molecule has 2 fully saturated rings. The molecule has 0 unspecified atom stereocenters. The Morgan fingerprint density at radius 1 is 0.758 bits per heavy atom. The van der Waals surface area contributed by atoms with Crippen molar-refractivity contribution in [2.75, 3.05) is 0 Å². The van der Waals surface area contributed by atoms with Crippen LogP contribution in [0.3, 0.4) is 0 Å². The fourth-order valence-electron chi connectivity index (χ4n) is 6.10. The molecule has 0 spiro atoms. The van der Waals surface area contributed by atoms with E-state index in [0.717, 1.165) is 29.4 Å². The van der Waals surface area contributed by atoms with Crippen LogP contribution in [-0.4, -0.2) is 0 Å². The normalized spacial score (nSPS) is 25.8. The zero-order valence-electron chi connectivity index (χ0n) is 20.8. The summed E-state index contributed by atoms with van der Waals surface area (Å²) < 4.78 is 5.92. The summed E-state index contributed by atoms with van der Waals surface area (Å²) in [4.78, 5) is 0. The predicted octanol–water partition coefficient (Wildman–Crippen LogP) is 9.47. The molecule has 0 N–H and O–H groups in total. The first-order valence-electron chi connectivity index (χ1n) is 13.7. The highest BCUT2D eigenvalue weighted by Crippen LogP contribution is 2.42. The third-order valence-corrected chi connectivity index (χ3v) is 8.28. The molecule has 2 aliphatic rings. The average Bonchev–Trinajstić information content (AvgIpc) is 2.88. The van der Waals surface area contributed by atoms with Gasteiger partial charge in [-0.3, -0.25) is 0 Å². The van der Waals surface area contributed by atoms with Crippen molar-refractivity contribution in [2.24, 2.45) is 23.7 Å². The van der Waals surface area contributed by atoms with Gasteiger partial charge in [0.15, 0.2) is 0 Å². The Kier molecular flexibility index (Phi) is 9.51. The molecule has 0 atom stereocenters. The fourth-order valence-corrected chi connectivity index (χ4v) is 6.10. The minimum absolute atomic E-state index is 0.625. The first kappa shape index (κ1) is 24.1. The van der Waals surface area contributed by atoms with Gasteiger partial charge in [0.25, 0.3) is 0 Å². The van der Waals surface area contributed by atoms with Gasteiger partial charge in [-0.1, -0.05) is 100 Å². The molecule has 0 amide bonds. The summed E-state index contributed by atoms with van der Waals surface area (Å²) in [5.41, 5.74) is 2.49. The molecule has 2 aliphatic carbocycles. The topological polar surface area (TPSA) is 9.23 Å². The Balaban J connectivity index is 1.15. The fraction of sp³-hybridized carbons (Fsp3) is 0.562. The van der Waals surface area contributed by atoms with E-state index in [1.807, 2.05) is 6.07 Å². The lowest BCUT2D eigenvalue weighted by Gasteiger charge is -2.37. The highest BCUT2D eigenvalue weighted by atomic mass is 16.5. The van der Waals surface area contributed by atoms with Crippen LogP contribution in [0, 0.1) is 23.7 Å². The molecule has 2 aromatic rings. The maximum atomic E-state index is 5.92. The number of allylic oxidation sites excluding steroid dienone is 1. The number of ether oxygens (including phenoxy) is 1. The molecular formula is C32H44O. The molecule has 2 aromatic carbocycles. The van der Waals surface area contributed by atoms with Gasteiger partial charge in [-0.15, -0.1) is 0 Å². The summed E-state index contributed by atoms with van der Waals surface area (Å²) in [5.74, 6) is 4.78. The summed E-state index contributed by atoms with van der Waals surface area (Å²) in [5, 5.41) is 0. The lowest BCUT2D eigenvalue weighted by molar-refractivity contribution is 0.151. The van der Waals surface area contributed by atoms with E-state index in [9.17, 15) is 0 Å². The van der Waals surface area contributed by atoms with E-state index in [0.29, 0.717) is 6.61 Å². The van der Waals surface area contributed by atoms with Crippen LogP contribution < -0.4 is 4.74 Å².